The van der Waals surface area contributed by atoms with Crippen molar-refractivity contribution in [3.63, 3.8) is 0 Å². The molecule has 3 rings (SSSR count). The fourth-order valence-electron chi connectivity index (χ4n) is 2.34. The van der Waals surface area contributed by atoms with E-state index in [1.807, 2.05) is 19.9 Å². The number of anilines is 1. The van der Waals surface area contributed by atoms with Crippen molar-refractivity contribution < 1.29 is 14.3 Å². The molecule has 0 spiro atoms. The van der Waals surface area contributed by atoms with Crippen LogP contribution in [0.25, 0.3) is 5.95 Å². The van der Waals surface area contributed by atoms with Crippen LogP contribution in [-0.2, 0) is 4.79 Å². The number of methoxy groups -OCH3 is 1. The number of aromatic nitrogens is 4. The third kappa shape index (κ3) is 4.15. The van der Waals surface area contributed by atoms with Crippen LogP contribution in [0.5, 0.6) is 11.5 Å². The number of carbonyl (C=O) groups is 1. The second kappa shape index (κ2) is 7.64. The van der Waals surface area contributed by atoms with Crippen LogP contribution < -0.4 is 14.8 Å². The maximum absolute atomic E-state index is 12.0. The van der Waals surface area contributed by atoms with Crippen molar-refractivity contribution >= 4 is 11.6 Å². The van der Waals surface area contributed by atoms with Gasteiger partial charge in [-0.25, -0.2) is 14.6 Å². The number of benzene rings is 1. The molecule has 0 radical (unpaired) electrons. The van der Waals surface area contributed by atoms with E-state index in [0.717, 1.165) is 17.1 Å². The largest absolute Gasteiger partial charge is 0.497 e. The molecule has 2 heterocycles. The van der Waals surface area contributed by atoms with Crippen molar-refractivity contribution in [1.29, 1.82) is 0 Å². The lowest BCUT2D eigenvalue weighted by atomic mass is 10.3. The van der Waals surface area contributed by atoms with E-state index in [1.165, 1.54) is 12.4 Å². The predicted molar refractivity (Wildman–Crippen MR) is 95.7 cm³/mol. The summed E-state index contributed by atoms with van der Waals surface area (Å²) >= 11 is 0. The average molecular weight is 353 g/mol. The first kappa shape index (κ1) is 17.4. The van der Waals surface area contributed by atoms with E-state index in [4.69, 9.17) is 9.47 Å². The van der Waals surface area contributed by atoms with E-state index in [2.05, 4.69) is 20.4 Å². The van der Waals surface area contributed by atoms with E-state index < -0.39 is 0 Å². The van der Waals surface area contributed by atoms with Gasteiger partial charge in [-0.1, -0.05) is 0 Å². The van der Waals surface area contributed by atoms with E-state index in [0.29, 0.717) is 17.4 Å². The SMILES string of the molecule is COc1ccc(OCC(=O)Nc2cnc(-n3nc(C)cc3C)nc2)cc1. The van der Waals surface area contributed by atoms with Crippen LogP contribution in [0.3, 0.4) is 0 Å². The zero-order valence-corrected chi connectivity index (χ0v) is 14.8. The Hall–Kier alpha value is -3.42. The second-order valence-corrected chi connectivity index (χ2v) is 5.62. The number of hydrogen-bond acceptors (Lipinski definition) is 6. The normalized spacial score (nSPS) is 10.4. The second-order valence-electron chi connectivity index (χ2n) is 5.62. The summed E-state index contributed by atoms with van der Waals surface area (Å²) in [7, 11) is 1.59. The lowest BCUT2D eigenvalue weighted by Crippen LogP contribution is -2.20. The number of amides is 1. The minimum atomic E-state index is -0.303. The van der Waals surface area contributed by atoms with Gasteiger partial charge in [-0.3, -0.25) is 4.79 Å². The molecular formula is C18H19N5O3. The highest BCUT2D eigenvalue weighted by molar-refractivity contribution is 5.91. The first-order valence-electron chi connectivity index (χ1n) is 7.97. The fraction of sp³-hybridized carbons (Fsp3) is 0.222. The molecule has 0 atom stereocenters. The molecule has 3 aromatic rings. The van der Waals surface area contributed by atoms with Crippen molar-refractivity contribution in [2.75, 3.05) is 19.0 Å². The van der Waals surface area contributed by atoms with Crippen molar-refractivity contribution in [2.45, 2.75) is 13.8 Å². The lowest BCUT2D eigenvalue weighted by Gasteiger charge is -2.08. The summed E-state index contributed by atoms with van der Waals surface area (Å²) in [4.78, 5) is 20.5. The molecule has 8 heteroatoms. The summed E-state index contributed by atoms with van der Waals surface area (Å²) < 4.78 is 12.1. The molecule has 0 saturated heterocycles. The van der Waals surface area contributed by atoms with Crippen LogP contribution in [0, 0.1) is 13.8 Å². The zero-order valence-electron chi connectivity index (χ0n) is 14.8. The van der Waals surface area contributed by atoms with Crippen LogP contribution in [-0.4, -0.2) is 39.4 Å². The third-order valence-corrected chi connectivity index (χ3v) is 3.55. The molecular weight excluding hydrogens is 334 g/mol. The third-order valence-electron chi connectivity index (χ3n) is 3.55. The maximum atomic E-state index is 12.0. The Kier molecular flexibility index (Phi) is 5.12. The minimum Gasteiger partial charge on any atom is -0.497 e. The van der Waals surface area contributed by atoms with Gasteiger partial charge in [-0.15, -0.1) is 0 Å². The van der Waals surface area contributed by atoms with Crippen LogP contribution >= 0.6 is 0 Å². The molecule has 0 aliphatic heterocycles. The standard InChI is InChI=1S/C18H19N5O3/c1-12-8-13(2)23(22-12)18-19-9-14(10-20-18)21-17(24)11-26-16-6-4-15(25-3)5-7-16/h4-10H,11H2,1-3H3,(H,21,24). The summed E-state index contributed by atoms with van der Waals surface area (Å²) in [6.07, 6.45) is 3.06. The molecule has 26 heavy (non-hydrogen) atoms. The summed E-state index contributed by atoms with van der Waals surface area (Å²) in [6.45, 7) is 3.71. The van der Waals surface area contributed by atoms with Gasteiger partial charge < -0.3 is 14.8 Å². The van der Waals surface area contributed by atoms with Gasteiger partial charge in [0.25, 0.3) is 11.9 Å². The van der Waals surface area contributed by atoms with Gasteiger partial charge in [0.15, 0.2) is 6.61 Å². The van der Waals surface area contributed by atoms with Gasteiger partial charge >= 0.3 is 0 Å². The van der Waals surface area contributed by atoms with Gasteiger partial charge in [0.05, 0.1) is 30.9 Å². The number of hydrogen-bond donors (Lipinski definition) is 1. The van der Waals surface area contributed by atoms with Crippen molar-refractivity contribution in [3.05, 3.63) is 54.1 Å². The molecule has 1 N–H and O–H groups in total. The molecule has 1 aromatic carbocycles. The highest BCUT2D eigenvalue weighted by Gasteiger charge is 2.08. The molecule has 134 valence electrons. The molecule has 0 aliphatic carbocycles. The summed E-state index contributed by atoms with van der Waals surface area (Å²) in [5.74, 6) is 1.45. The number of ether oxygens (including phenoxy) is 2. The predicted octanol–water partition coefficient (Wildman–Crippen LogP) is 2.31. The molecule has 0 bridgehead atoms. The van der Waals surface area contributed by atoms with E-state index >= 15 is 0 Å². The average Bonchev–Trinajstić information content (AvgIpc) is 2.99. The van der Waals surface area contributed by atoms with Gasteiger partial charge in [0.1, 0.15) is 11.5 Å². The van der Waals surface area contributed by atoms with Crippen LogP contribution in [0.4, 0.5) is 5.69 Å². The molecule has 1 amide bonds. The topological polar surface area (TPSA) is 91.2 Å². The first-order valence-corrected chi connectivity index (χ1v) is 7.97. The number of nitrogens with one attached hydrogen (secondary N) is 1. The van der Waals surface area contributed by atoms with E-state index in [1.54, 1.807) is 36.1 Å². The minimum absolute atomic E-state index is 0.120. The van der Waals surface area contributed by atoms with Gasteiger partial charge in [0.2, 0.25) is 0 Å². The number of carbonyl (C=O) groups excluding carboxylic acids is 1. The van der Waals surface area contributed by atoms with Gasteiger partial charge in [0, 0.05) is 5.69 Å². The maximum Gasteiger partial charge on any atom is 0.262 e. The van der Waals surface area contributed by atoms with E-state index in [-0.39, 0.29) is 12.5 Å². The van der Waals surface area contributed by atoms with Crippen LogP contribution in [0.2, 0.25) is 0 Å². The molecule has 0 saturated carbocycles. The quantitative estimate of drug-likeness (QED) is 0.731. The van der Waals surface area contributed by atoms with E-state index in [9.17, 15) is 4.79 Å². The number of rotatable bonds is 6. The van der Waals surface area contributed by atoms with Crippen LogP contribution in [0.15, 0.2) is 42.7 Å². The Labute approximate surface area is 150 Å². The molecule has 0 aliphatic rings. The number of nitrogens with zero attached hydrogens (tertiary/aromatic N) is 4. The van der Waals surface area contributed by atoms with Gasteiger partial charge in [-0.2, -0.15) is 5.10 Å². The Morgan fingerprint density at radius 2 is 1.77 bits per heavy atom. The Morgan fingerprint density at radius 3 is 2.35 bits per heavy atom. The van der Waals surface area contributed by atoms with Crippen molar-refractivity contribution in [3.8, 4) is 17.4 Å². The Morgan fingerprint density at radius 1 is 1.12 bits per heavy atom. The van der Waals surface area contributed by atoms with Gasteiger partial charge in [-0.05, 0) is 44.2 Å². The molecule has 2 aromatic heterocycles. The highest BCUT2D eigenvalue weighted by atomic mass is 16.5. The molecule has 0 unspecified atom stereocenters. The number of aryl methyl sites for hydroxylation is 2. The Bertz CT molecular complexity index is 888. The summed E-state index contributed by atoms with van der Waals surface area (Å²) in [5, 5.41) is 7.01. The Balaban J connectivity index is 1.56. The van der Waals surface area contributed by atoms with Crippen LogP contribution in [0.1, 0.15) is 11.4 Å². The smallest absolute Gasteiger partial charge is 0.262 e. The molecule has 0 fully saturated rings. The fourth-order valence-corrected chi connectivity index (χ4v) is 2.34. The lowest BCUT2D eigenvalue weighted by molar-refractivity contribution is -0.118. The van der Waals surface area contributed by atoms with Crippen molar-refractivity contribution in [2.24, 2.45) is 0 Å². The summed E-state index contributed by atoms with van der Waals surface area (Å²) in [5.41, 5.74) is 2.31. The highest BCUT2D eigenvalue weighted by Crippen LogP contribution is 2.17. The zero-order chi connectivity index (χ0) is 18.5. The monoisotopic (exact) mass is 353 g/mol. The molecule has 8 nitrogen and oxygen atoms in total. The van der Waals surface area contributed by atoms with Crippen molar-refractivity contribution in [1.82, 2.24) is 19.7 Å². The first-order chi connectivity index (χ1) is 12.5. The summed E-state index contributed by atoms with van der Waals surface area (Å²) in [6, 6.07) is 8.93.